The molecule has 0 N–H and O–H groups in total. The lowest BCUT2D eigenvalue weighted by Gasteiger charge is -2.33. The second-order valence-corrected chi connectivity index (χ2v) is 6.65. The van der Waals surface area contributed by atoms with Crippen molar-refractivity contribution >= 4 is 21.6 Å². The van der Waals surface area contributed by atoms with Crippen molar-refractivity contribution in [1.82, 2.24) is 14.1 Å². The van der Waals surface area contributed by atoms with E-state index in [9.17, 15) is 8.42 Å². The molecule has 0 aromatic carbocycles. The van der Waals surface area contributed by atoms with Gasteiger partial charge in [-0.1, -0.05) is 6.92 Å². The van der Waals surface area contributed by atoms with Gasteiger partial charge in [-0.05, 0) is 6.42 Å². The first-order valence-corrected chi connectivity index (χ1v) is 8.25. The second-order valence-electron chi connectivity index (χ2n) is 4.38. The third-order valence-corrected chi connectivity index (χ3v) is 5.25. The fourth-order valence-corrected chi connectivity index (χ4v) is 3.90. The maximum atomic E-state index is 12.6. The molecule has 1 aromatic heterocycles. The molecule has 19 heavy (non-hydrogen) atoms. The maximum absolute atomic E-state index is 12.6. The van der Waals surface area contributed by atoms with Gasteiger partial charge in [-0.25, -0.2) is 8.42 Å². The molecule has 108 valence electrons. The fourth-order valence-electron chi connectivity index (χ4n) is 2.10. The van der Waals surface area contributed by atoms with Crippen molar-refractivity contribution in [2.45, 2.75) is 30.8 Å². The average Bonchev–Trinajstić information content (AvgIpc) is 2.88. The van der Waals surface area contributed by atoms with Gasteiger partial charge in [0.05, 0.1) is 26.0 Å². The summed E-state index contributed by atoms with van der Waals surface area (Å²) in [5.41, 5.74) is 0. The number of hydrogen-bond acceptors (Lipinski definition) is 4. The molecule has 0 aliphatic carbocycles. The van der Waals surface area contributed by atoms with E-state index in [1.807, 2.05) is 6.92 Å². The lowest BCUT2D eigenvalue weighted by molar-refractivity contribution is 0.0314. The van der Waals surface area contributed by atoms with Crippen molar-refractivity contribution in [3.8, 4) is 0 Å². The lowest BCUT2D eigenvalue weighted by atomic mass is 10.2. The molecule has 2 rings (SSSR count). The molecule has 1 aliphatic rings. The van der Waals surface area contributed by atoms with Crippen LogP contribution in [0, 0.1) is 0 Å². The molecule has 1 atom stereocenters. The molecular weight excluding hydrogens is 290 g/mol. The molecule has 1 unspecified atom stereocenters. The van der Waals surface area contributed by atoms with Crippen LogP contribution in [-0.4, -0.2) is 54.2 Å². The van der Waals surface area contributed by atoms with Crippen molar-refractivity contribution in [3.63, 3.8) is 0 Å². The third kappa shape index (κ3) is 3.10. The van der Waals surface area contributed by atoms with Gasteiger partial charge >= 0.3 is 0 Å². The number of ether oxygens (including phenoxy) is 1. The summed E-state index contributed by atoms with van der Waals surface area (Å²) in [6.45, 7) is 3.73. The van der Waals surface area contributed by atoms with E-state index in [1.54, 1.807) is 4.68 Å². The normalized spacial score (nSPS) is 21.7. The summed E-state index contributed by atoms with van der Waals surface area (Å²) >= 11 is 5.62. The van der Waals surface area contributed by atoms with E-state index in [1.165, 1.54) is 16.7 Å². The smallest absolute Gasteiger partial charge is 0.246 e. The largest absolute Gasteiger partial charge is 0.378 e. The van der Waals surface area contributed by atoms with Crippen LogP contribution < -0.4 is 0 Å². The Hall–Kier alpha value is -0.630. The number of aryl methyl sites for hydroxylation is 1. The molecule has 1 aliphatic heterocycles. The molecule has 0 spiro atoms. The number of alkyl halides is 1. The molecule has 6 nitrogen and oxygen atoms in total. The second kappa shape index (κ2) is 6.21. The van der Waals surface area contributed by atoms with Gasteiger partial charge in [-0.15, -0.1) is 11.6 Å². The molecule has 1 saturated heterocycles. The van der Waals surface area contributed by atoms with Crippen LogP contribution in [0.15, 0.2) is 17.3 Å². The van der Waals surface area contributed by atoms with E-state index in [0.717, 1.165) is 6.42 Å². The quantitative estimate of drug-likeness (QED) is 0.759. The Morgan fingerprint density at radius 3 is 3.05 bits per heavy atom. The van der Waals surface area contributed by atoms with Crippen LogP contribution in [0.5, 0.6) is 0 Å². The highest BCUT2D eigenvalue weighted by Gasteiger charge is 2.33. The molecule has 0 amide bonds. The van der Waals surface area contributed by atoms with Crippen LogP contribution in [0.4, 0.5) is 0 Å². The van der Waals surface area contributed by atoms with Gasteiger partial charge in [0.1, 0.15) is 4.90 Å². The van der Waals surface area contributed by atoms with Crippen molar-refractivity contribution in [3.05, 3.63) is 12.4 Å². The molecule has 1 aromatic rings. The third-order valence-electron chi connectivity index (χ3n) is 3.17. The van der Waals surface area contributed by atoms with Gasteiger partial charge in [0.25, 0.3) is 0 Å². The first kappa shape index (κ1) is 14.8. The van der Waals surface area contributed by atoms with E-state index < -0.39 is 10.0 Å². The Morgan fingerprint density at radius 1 is 1.58 bits per heavy atom. The Labute approximate surface area is 118 Å². The molecule has 0 bridgehead atoms. The van der Waals surface area contributed by atoms with Gasteiger partial charge in [-0.2, -0.15) is 9.40 Å². The summed E-state index contributed by atoms with van der Waals surface area (Å²) in [5.74, 6) is 0.399. The molecule has 0 radical (unpaired) electrons. The number of aromatic nitrogens is 2. The number of sulfonamides is 1. The zero-order valence-electron chi connectivity index (χ0n) is 10.8. The monoisotopic (exact) mass is 307 g/mol. The summed E-state index contributed by atoms with van der Waals surface area (Å²) in [4.78, 5) is 0.220. The number of rotatable bonds is 5. The van der Waals surface area contributed by atoms with Crippen LogP contribution in [0.3, 0.4) is 0 Å². The average molecular weight is 308 g/mol. The standard InChI is InChI=1S/C11H18ClN3O3S/c1-2-10-9-18-6-5-15(10)19(16,17)11-7-13-14(8-11)4-3-12/h7-8,10H,2-6,9H2,1H3. The highest BCUT2D eigenvalue weighted by atomic mass is 35.5. The minimum atomic E-state index is -3.49. The van der Waals surface area contributed by atoms with Crippen molar-refractivity contribution in [1.29, 1.82) is 0 Å². The predicted octanol–water partition coefficient (Wildman–Crippen LogP) is 0.921. The topological polar surface area (TPSA) is 64.4 Å². The van der Waals surface area contributed by atoms with Gasteiger partial charge in [-0.3, -0.25) is 4.68 Å². The minimum Gasteiger partial charge on any atom is -0.378 e. The summed E-state index contributed by atoms with van der Waals surface area (Å²) in [6, 6.07) is -0.102. The van der Waals surface area contributed by atoms with E-state index >= 15 is 0 Å². The number of halogens is 1. The summed E-state index contributed by atoms with van der Waals surface area (Å²) in [6.07, 6.45) is 3.64. The Balaban J connectivity index is 2.24. The van der Waals surface area contributed by atoms with Gasteiger partial charge in [0.15, 0.2) is 0 Å². The molecule has 8 heteroatoms. The molecular formula is C11H18ClN3O3S. The van der Waals surface area contributed by atoms with Crippen molar-refractivity contribution < 1.29 is 13.2 Å². The van der Waals surface area contributed by atoms with Crippen LogP contribution in [-0.2, 0) is 21.3 Å². The maximum Gasteiger partial charge on any atom is 0.246 e. The van der Waals surface area contributed by atoms with E-state index in [0.29, 0.717) is 32.2 Å². The van der Waals surface area contributed by atoms with E-state index in [-0.39, 0.29) is 10.9 Å². The summed E-state index contributed by atoms with van der Waals surface area (Å²) < 4.78 is 33.5. The summed E-state index contributed by atoms with van der Waals surface area (Å²) in [5, 5.41) is 4.01. The predicted molar refractivity (Wildman–Crippen MR) is 71.7 cm³/mol. The van der Waals surface area contributed by atoms with E-state index in [2.05, 4.69) is 5.10 Å². The van der Waals surface area contributed by atoms with Gasteiger partial charge < -0.3 is 4.74 Å². The zero-order chi connectivity index (χ0) is 13.9. The van der Waals surface area contributed by atoms with Crippen LogP contribution in [0.25, 0.3) is 0 Å². The Bertz CT molecular complexity index is 517. The molecule has 0 saturated carbocycles. The lowest BCUT2D eigenvalue weighted by Crippen LogP contribution is -2.48. The zero-order valence-corrected chi connectivity index (χ0v) is 12.4. The molecule has 1 fully saturated rings. The van der Waals surface area contributed by atoms with Crippen molar-refractivity contribution in [2.75, 3.05) is 25.6 Å². The Kier molecular flexibility index (Phi) is 4.83. The van der Waals surface area contributed by atoms with Gasteiger partial charge in [0.2, 0.25) is 10.0 Å². The molecule has 2 heterocycles. The summed E-state index contributed by atoms with van der Waals surface area (Å²) in [7, 11) is -3.49. The van der Waals surface area contributed by atoms with Crippen LogP contribution in [0.2, 0.25) is 0 Å². The minimum absolute atomic E-state index is 0.102. The number of morpholine rings is 1. The first-order chi connectivity index (χ1) is 9.09. The number of hydrogen-bond donors (Lipinski definition) is 0. The van der Waals surface area contributed by atoms with E-state index in [4.69, 9.17) is 16.3 Å². The highest BCUT2D eigenvalue weighted by Crippen LogP contribution is 2.21. The van der Waals surface area contributed by atoms with Crippen molar-refractivity contribution in [2.24, 2.45) is 0 Å². The first-order valence-electron chi connectivity index (χ1n) is 6.27. The Morgan fingerprint density at radius 2 is 2.37 bits per heavy atom. The van der Waals surface area contributed by atoms with Crippen LogP contribution >= 0.6 is 11.6 Å². The fraction of sp³-hybridized carbons (Fsp3) is 0.727. The van der Waals surface area contributed by atoms with Crippen LogP contribution in [0.1, 0.15) is 13.3 Å². The van der Waals surface area contributed by atoms with Gasteiger partial charge in [0, 0.05) is 24.7 Å². The number of nitrogens with zero attached hydrogens (tertiary/aromatic N) is 3. The highest BCUT2D eigenvalue weighted by molar-refractivity contribution is 7.89. The SMILES string of the molecule is CCC1COCCN1S(=O)(=O)c1cnn(CCCl)c1.